The number of hydrogen-bond donors (Lipinski definition) is 0. The minimum atomic E-state index is 1.24. The molecule has 0 N–H and O–H groups in total. The van der Waals surface area contributed by atoms with Crippen LogP contribution in [-0.2, 0) is 0 Å². The molecule has 0 saturated heterocycles. The van der Waals surface area contributed by atoms with Crippen LogP contribution in [0.2, 0.25) is 0 Å². The van der Waals surface area contributed by atoms with Gasteiger partial charge >= 0.3 is 0 Å². The lowest BCUT2D eigenvalue weighted by Gasteiger charge is -1.97. The first-order valence-electron chi connectivity index (χ1n) is 3.83. The third-order valence-electron chi connectivity index (χ3n) is 2.22. The van der Waals surface area contributed by atoms with Crippen LogP contribution < -0.4 is 0 Å². The number of hydrogen-bond acceptors (Lipinski definition) is 0. The van der Waals surface area contributed by atoms with E-state index in [-0.39, 0.29) is 0 Å². The summed E-state index contributed by atoms with van der Waals surface area (Å²) in [4.78, 5) is 0. The average molecular weight is 142 g/mol. The molecule has 0 saturated carbocycles. The van der Waals surface area contributed by atoms with E-state index in [2.05, 4.69) is 44.5 Å². The summed E-state index contributed by atoms with van der Waals surface area (Å²) in [6.07, 6.45) is 3.33. The molecule has 0 aromatic heterocycles. The fourth-order valence-electron chi connectivity index (χ4n) is 1.42. The highest BCUT2D eigenvalue weighted by atomic mass is 14.2. The smallest absolute Gasteiger partial charge is 0.0464 e. The molecular formula is C11H10. The third kappa shape index (κ3) is 0.900. The number of fused-ring (bicyclic) bond motifs is 1. The third-order valence-corrected chi connectivity index (χ3v) is 2.22. The Kier molecular flexibility index (Phi) is 1.35. The summed E-state index contributed by atoms with van der Waals surface area (Å²) in [6.45, 7) is 4.25. The summed E-state index contributed by atoms with van der Waals surface area (Å²) in [5.41, 5.74) is 5.21. The van der Waals surface area contributed by atoms with E-state index < -0.39 is 0 Å². The monoisotopic (exact) mass is 142 g/mol. The number of benzene rings is 1. The molecule has 1 aromatic carbocycles. The van der Waals surface area contributed by atoms with Crippen LogP contribution in [0.15, 0.2) is 29.8 Å². The first-order valence-corrected chi connectivity index (χ1v) is 3.83. The van der Waals surface area contributed by atoms with E-state index in [0.717, 1.165) is 0 Å². The van der Waals surface area contributed by atoms with Gasteiger partial charge in [0.2, 0.25) is 0 Å². The molecule has 1 aromatic rings. The quantitative estimate of drug-likeness (QED) is 0.522. The van der Waals surface area contributed by atoms with Crippen molar-refractivity contribution in [2.24, 2.45) is 0 Å². The van der Waals surface area contributed by atoms with Gasteiger partial charge in [-0.15, -0.1) is 0 Å². The molecule has 54 valence electrons. The molecule has 0 bridgehead atoms. The zero-order valence-electron chi connectivity index (χ0n) is 6.81. The standard InChI is InChI=1S/C11H10/c1-8-7-10-5-3-4-6-11(10)9(8)2/h3-6H,1-2H3. The molecule has 0 amide bonds. The SMILES string of the molecule is CC1=C(C)c2ccccc2[C]1. The molecule has 0 spiro atoms. The van der Waals surface area contributed by atoms with Gasteiger partial charge in [-0.1, -0.05) is 29.8 Å². The van der Waals surface area contributed by atoms with Gasteiger partial charge in [0.15, 0.2) is 0 Å². The van der Waals surface area contributed by atoms with Crippen molar-refractivity contribution in [2.45, 2.75) is 13.8 Å². The second kappa shape index (κ2) is 2.23. The highest BCUT2D eigenvalue weighted by molar-refractivity contribution is 5.78. The Balaban J connectivity index is 2.60. The van der Waals surface area contributed by atoms with Crippen LogP contribution in [0.1, 0.15) is 25.0 Å². The van der Waals surface area contributed by atoms with Crippen molar-refractivity contribution in [3.8, 4) is 0 Å². The molecule has 0 fully saturated rings. The van der Waals surface area contributed by atoms with E-state index in [9.17, 15) is 0 Å². The zero-order valence-corrected chi connectivity index (χ0v) is 6.81. The molecule has 0 atom stereocenters. The maximum absolute atomic E-state index is 3.33. The van der Waals surface area contributed by atoms with Crippen molar-refractivity contribution in [1.82, 2.24) is 0 Å². The summed E-state index contributed by atoms with van der Waals surface area (Å²) in [7, 11) is 0. The van der Waals surface area contributed by atoms with Crippen LogP contribution in [0.25, 0.3) is 5.57 Å². The van der Waals surface area contributed by atoms with Crippen molar-refractivity contribution in [3.63, 3.8) is 0 Å². The minimum absolute atomic E-state index is 1.24. The highest BCUT2D eigenvalue weighted by Crippen LogP contribution is 2.32. The lowest BCUT2D eigenvalue weighted by Crippen LogP contribution is -1.78. The summed E-state index contributed by atoms with van der Waals surface area (Å²) in [5.74, 6) is 0. The summed E-state index contributed by atoms with van der Waals surface area (Å²) < 4.78 is 0. The molecule has 0 nitrogen and oxygen atoms in total. The Morgan fingerprint density at radius 3 is 2.55 bits per heavy atom. The van der Waals surface area contributed by atoms with Gasteiger partial charge in [0, 0.05) is 6.42 Å². The summed E-state index contributed by atoms with van der Waals surface area (Å²) in [6, 6.07) is 8.38. The van der Waals surface area contributed by atoms with Gasteiger partial charge < -0.3 is 0 Å². The van der Waals surface area contributed by atoms with Crippen molar-refractivity contribution < 1.29 is 0 Å². The van der Waals surface area contributed by atoms with E-state index in [0.29, 0.717) is 0 Å². The van der Waals surface area contributed by atoms with Crippen LogP contribution in [0, 0.1) is 6.42 Å². The van der Waals surface area contributed by atoms with Gasteiger partial charge in [0.1, 0.15) is 0 Å². The van der Waals surface area contributed by atoms with Crippen LogP contribution in [-0.4, -0.2) is 0 Å². The number of rotatable bonds is 0. The molecule has 2 rings (SSSR count). The Morgan fingerprint density at radius 1 is 1.09 bits per heavy atom. The number of allylic oxidation sites excluding steroid dienone is 2. The van der Waals surface area contributed by atoms with E-state index >= 15 is 0 Å². The summed E-state index contributed by atoms with van der Waals surface area (Å²) >= 11 is 0. The Morgan fingerprint density at radius 2 is 1.82 bits per heavy atom. The van der Waals surface area contributed by atoms with Crippen molar-refractivity contribution in [3.05, 3.63) is 47.4 Å². The van der Waals surface area contributed by atoms with Crippen molar-refractivity contribution in [1.29, 1.82) is 0 Å². The molecule has 11 heavy (non-hydrogen) atoms. The second-order valence-corrected chi connectivity index (χ2v) is 2.92. The second-order valence-electron chi connectivity index (χ2n) is 2.92. The fraction of sp³-hybridized carbons (Fsp3) is 0.182. The highest BCUT2D eigenvalue weighted by Gasteiger charge is 2.14. The zero-order chi connectivity index (χ0) is 7.84. The molecular weight excluding hydrogens is 132 g/mol. The van der Waals surface area contributed by atoms with Crippen LogP contribution in [0.5, 0.6) is 0 Å². The fourth-order valence-corrected chi connectivity index (χ4v) is 1.42. The van der Waals surface area contributed by atoms with E-state index in [1.54, 1.807) is 0 Å². The molecule has 0 aliphatic heterocycles. The van der Waals surface area contributed by atoms with Gasteiger partial charge in [-0.2, -0.15) is 0 Å². The predicted molar refractivity (Wildman–Crippen MR) is 47.1 cm³/mol. The van der Waals surface area contributed by atoms with E-state index in [1.807, 2.05) is 0 Å². The van der Waals surface area contributed by atoms with Gasteiger partial charge in [-0.25, -0.2) is 0 Å². The Bertz CT molecular complexity index is 319. The summed E-state index contributed by atoms with van der Waals surface area (Å²) in [5, 5.41) is 0. The predicted octanol–water partition coefficient (Wildman–Crippen LogP) is 2.92. The van der Waals surface area contributed by atoms with Gasteiger partial charge in [-0.05, 0) is 30.5 Å². The van der Waals surface area contributed by atoms with Gasteiger partial charge in [0.25, 0.3) is 0 Å². The Hall–Kier alpha value is -1.04. The van der Waals surface area contributed by atoms with Crippen molar-refractivity contribution >= 4 is 5.57 Å². The maximum Gasteiger partial charge on any atom is 0.0464 e. The molecule has 0 heterocycles. The molecule has 1 aliphatic carbocycles. The largest absolute Gasteiger partial charge is 0.0619 e. The minimum Gasteiger partial charge on any atom is -0.0619 e. The topological polar surface area (TPSA) is 0 Å². The first kappa shape index (κ1) is 6.66. The maximum atomic E-state index is 3.33. The normalized spacial score (nSPS) is 15.5. The van der Waals surface area contributed by atoms with E-state index in [1.165, 1.54) is 22.3 Å². The van der Waals surface area contributed by atoms with Gasteiger partial charge in [0.05, 0.1) is 0 Å². The van der Waals surface area contributed by atoms with Crippen LogP contribution >= 0.6 is 0 Å². The molecule has 0 unspecified atom stereocenters. The van der Waals surface area contributed by atoms with Crippen LogP contribution in [0.3, 0.4) is 0 Å². The van der Waals surface area contributed by atoms with Crippen LogP contribution in [0.4, 0.5) is 0 Å². The van der Waals surface area contributed by atoms with Gasteiger partial charge in [-0.3, -0.25) is 0 Å². The lowest BCUT2D eigenvalue weighted by atomic mass is 10.1. The molecule has 1 aliphatic rings. The molecule has 2 radical (unpaired) electrons. The first-order chi connectivity index (χ1) is 5.29. The Labute approximate surface area is 67.6 Å². The van der Waals surface area contributed by atoms with Crippen molar-refractivity contribution in [2.75, 3.05) is 0 Å². The van der Waals surface area contributed by atoms with E-state index in [4.69, 9.17) is 0 Å². The molecule has 0 heteroatoms. The lowest BCUT2D eigenvalue weighted by molar-refractivity contribution is 1.44. The average Bonchev–Trinajstić information content (AvgIpc) is 2.30.